The maximum Gasteiger partial charge on any atom is 0.307 e. The van der Waals surface area contributed by atoms with Crippen molar-refractivity contribution in [3.05, 3.63) is 41.3 Å². The number of carbonyl (C=O) groups excluding carboxylic acids is 2. The van der Waals surface area contributed by atoms with Crippen LogP contribution in [0.4, 0.5) is 0 Å². The first kappa shape index (κ1) is 16.6. The van der Waals surface area contributed by atoms with Crippen LogP contribution in [-0.2, 0) is 19.1 Å². The molecule has 0 bridgehead atoms. The van der Waals surface area contributed by atoms with Gasteiger partial charge in [-0.25, -0.2) is 4.98 Å². The Morgan fingerprint density at radius 3 is 2.42 bits per heavy atom. The van der Waals surface area contributed by atoms with Crippen molar-refractivity contribution in [3.8, 4) is 0 Å². The van der Waals surface area contributed by atoms with E-state index in [-0.39, 0.29) is 11.5 Å². The molecule has 7 heteroatoms. The number of carbonyl (C=O) groups is 2. The average Bonchev–Trinajstić information content (AvgIpc) is 2.28. The van der Waals surface area contributed by atoms with Crippen LogP contribution in [-0.4, -0.2) is 21.9 Å². The Morgan fingerprint density at radius 1 is 1.42 bits per heavy atom. The fourth-order valence-corrected chi connectivity index (χ4v) is 1.01. The van der Waals surface area contributed by atoms with Gasteiger partial charge in [-0.15, -0.1) is 0 Å². The number of nitrogens with zero attached hydrogens (tertiary/aromatic N) is 1. The molecule has 1 aromatic heterocycles. The van der Waals surface area contributed by atoms with Crippen molar-refractivity contribution < 1.29 is 19.1 Å². The van der Waals surface area contributed by atoms with Crippen molar-refractivity contribution >= 4 is 11.9 Å². The van der Waals surface area contributed by atoms with Crippen LogP contribution < -0.4 is 5.56 Å². The van der Waals surface area contributed by atoms with Crippen LogP contribution in [0.15, 0.2) is 29.9 Å². The predicted molar refractivity (Wildman–Crippen MR) is 67.0 cm³/mol. The lowest BCUT2D eigenvalue weighted by Crippen LogP contribution is -2.14. The third kappa shape index (κ3) is 8.31. The van der Waals surface area contributed by atoms with Crippen molar-refractivity contribution in [1.82, 2.24) is 9.97 Å². The highest BCUT2D eigenvalue weighted by Crippen LogP contribution is 2.09. The standard InChI is InChI=1S/C8H10N2O3.C4H6O2/c1-5(13-6(2)11)8-9-4-3-7(12)10-8;1-3-6-4(2)5/h3-5H,1-2H3,(H,9,10,12);3H,1H2,2H3/t5-;/m1./s1. The molecule has 0 aliphatic rings. The largest absolute Gasteiger partial charge is 0.455 e. The molecule has 0 saturated carbocycles. The number of rotatable bonds is 3. The van der Waals surface area contributed by atoms with E-state index in [1.54, 1.807) is 6.92 Å². The van der Waals surface area contributed by atoms with E-state index in [9.17, 15) is 14.4 Å². The van der Waals surface area contributed by atoms with Crippen LogP contribution in [0.1, 0.15) is 32.7 Å². The van der Waals surface area contributed by atoms with Crippen molar-refractivity contribution in [2.75, 3.05) is 0 Å². The van der Waals surface area contributed by atoms with E-state index in [2.05, 4.69) is 21.3 Å². The minimum Gasteiger partial charge on any atom is -0.455 e. The van der Waals surface area contributed by atoms with Crippen molar-refractivity contribution in [2.45, 2.75) is 26.9 Å². The molecular weight excluding hydrogens is 252 g/mol. The third-order valence-electron chi connectivity index (χ3n) is 1.67. The van der Waals surface area contributed by atoms with E-state index in [0.29, 0.717) is 5.82 Å². The zero-order valence-corrected chi connectivity index (χ0v) is 11.0. The maximum absolute atomic E-state index is 10.8. The quantitative estimate of drug-likeness (QED) is 0.650. The summed E-state index contributed by atoms with van der Waals surface area (Å²) in [6.45, 7) is 7.42. The Hall–Kier alpha value is -2.44. The molecule has 104 valence electrons. The normalized spacial score (nSPS) is 10.5. The smallest absolute Gasteiger partial charge is 0.307 e. The lowest BCUT2D eigenvalue weighted by molar-refractivity contribution is -0.146. The van der Waals surface area contributed by atoms with E-state index in [1.165, 1.54) is 26.1 Å². The zero-order chi connectivity index (χ0) is 14.8. The first-order valence-electron chi connectivity index (χ1n) is 5.37. The molecule has 0 aliphatic heterocycles. The highest BCUT2D eigenvalue weighted by molar-refractivity contribution is 5.66. The number of H-pyrrole nitrogens is 1. The minimum absolute atomic E-state index is 0.260. The van der Waals surface area contributed by atoms with Gasteiger partial charge in [0.1, 0.15) is 5.82 Å². The highest BCUT2D eigenvalue weighted by Gasteiger charge is 2.09. The molecule has 1 aromatic rings. The van der Waals surface area contributed by atoms with Gasteiger partial charge in [0.25, 0.3) is 5.56 Å². The second-order valence-electron chi connectivity index (χ2n) is 3.35. The molecule has 0 spiro atoms. The number of hydrogen-bond donors (Lipinski definition) is 1. The minimum atomic E-state index is -0.522. The fraction of sp³-hybridized carbons (Fsp3) is 0.333. The molecule has 1 N–H and O–H groups in total. The van der Waals surface area contributed by atoms with E-state index >= 15 is 0 Å². The summed E-state index contributed by atoms with van der Waals surface area (Å²) in [5.41, 5.74) is -0.260. The van der Waals surface area contributed by atoms with Gasteiger partial charge in [-0.3, -0.25) is 14.4 Å². The van der Waals surface area contributed by atoms with E-state index in [0.717, 1.165) is 6.26 Å². The number of aromatic nitrogens is 2. The molecular formula is C12H16N2O5. The predicted octanol–water partition coefficient (Wildman–Crippen LogP) is 1.09. The van der Waals surface area contributed by atoms with Crippen LogP contribution in [0.2, 0.25) is 0 Å². The summed E-state index contributed by atoms with van der Waals surface area (Å²) in [6, 6.07) is 1.30. The van der Waals surface area contributed by atoms with Gasteiger partial charge in [-0.1, -0.05) is 6.58 Å². The Balaban J connectivity index is 0.000000459. The molecule has 1 heterocycles. The Bertz CT molecular complexity index is 495. The number of hydrogen-bond acceptors (Lipinski definition) is 6. The SMILES string of the molecule is C=COC(C)=O.CC(=O)O[C@H](C)c1nccc(=O)[nH]1. The van der Waals surface area contributed by atoms with Gasteiger partial charge in [0.15, 0.2) is 6.10 Å². The average molecular weight is 268 g/mol. The lowest BCUT2D eigenvalue weighted by atomic mass is 10.4. The molecule has 0 amide bonds. The van der Waals surface area contributed by atoms with E-state index in [4.69, 9.17) is 4.74 Å². The first-order valence-corrected chi connectivity index (χ1v) is 5.37. The molecule has 7 nitrogen and oxygen atoms in total. The van der Waals surface area contributed by atoms with Crippen LogP contribution in [0, 0.1) is 0 Å². The number of nitrogens with one attached hydrogen (secondary N) is 1. The summed E-state index contributed by atoms with van der Waals surface area (Å²) in [5, 5.41) is 0. The van der Waals surface area contributed by atoms with Gasteiger partial charge in [0, 0.05) is 26.1 Å². The van der Waals surface area contributed by atoms with Gasteiger partial charge in [0.2, 0.25) is 0 Å². The molecule has 1 atom stereocenters. The molecule has 1 rings (SSSR count). The molecule has 19 heavy (non-hydrogen) atoms. The van der Waals surface area contributed by atoms with Crippen LogP contribution in [0.5, 0.6) is 0 Å². The van der Waals surface area contributed by atoms with Gasteiger partial charge in [-0.05, 0) is 6.92 Å². The highest BCUT2D eigenvalue weighted by atomic mass is 16.5. The Kier molecular flexibility index (Phi) is 7.51. The topological polar surface area (TPSA) is 98.3 Å². The van der Waals surface area contributed by atoms with Gasteiger partial charge >= 0.3 is 11.9 Å². The van der Waals surface area contributed by atoms with E-state index in [1.807, 2.05) is 0 Å². The first-order chi connectivity index (χ1) is 8.86. The maximum atomic E-state index is 10.8. The monoisotopic (exact) mass is 268 g/mol. The van der Waals surface area contributed by atoms with Gasteiger partial charge in [0.05, 0.1) is 6.26 Å². The summed E-state index contributed by atoms with van der Waals surface area (Å²) in [4.78, 5) is 37.5. The van der Waals surface area contributed by atoms with Crippen molar-refractivity contribution in [3.63, 3.8) is 0 Å². The lowest BCUT2D eigenvalue weighted by Gasteiger charge is -2.09. The summed E-state index contributed by atoms with van der Waals surface area (Å²) >= 11 is 0. The number of esters is 2. The number of aromatic amines is 1. The van der Waals surface area contributed by atoms with E-state index < -0.39 is 12.1 Å². The molecule has 0 saturated heterocycles. The summed E-state index contributed by atoms with van der Waals surface area (Å²) in [5.74, 6) is -0.383. The fourth-order valence-electron chi connectivity index (χ4n) is 1.01. The second kappa shape index (κ2) is 8.62. The van der Waals surface area contributed by atoms with Crippen LogP contribution in [0.25, 0.3) is 0 Å². The van der Waals surface area contributed by atoms with Gasteiger partial charge in [-0.2, -0.15) is 0 Å². The Morgan fingerprint density at radius 2 is 2.05 bits per heavy atom. The molecule has 0 radical (unpaired) electrons. The second-order valence-corrected chi connectivity index (χ2v) is 3.35. The Labute approximate surface area is 110 Å². The molecule has 0 fully saturated rings. The molecule has 0 aliphatic carbocycles. The van der Waals surface area contributed by atoms with Crippen LogP contribution in [0.3, 0.4) is 0 Å². The summed E-state index contributed by atoms with van der Waals surface area (Å²) < 4.78 is 8.99. The molecule has 0 aromatic carbocycles. The van der Waals surface area contributed by atoms with Crippen molar-refractivity contribution in [2.24, 2.45) is 0 Å². The zero-order valence-electron chi connectivity index (χ0n) is 11.0. The van der Waals surface area contributed by atoms with Crippen molar-refractivity contribution in [1.29, 1.82) is 0 Å². The van der Waals surface area contributed by atoms with Crippen LogP contribution >= 0.6 is 0 Å². The summed E-state index contributed by atoms with van der Waals surface area (Å²) in [6.07, 6.45) is 1.95. The van der Waals surface area contributed by atoms with Gasteiger partial charge < -0.3 is 14.5 Å². The summed E-state index contributed by atoms with van der Waals surface area (Å²) in [7, 11) is 0. The number of ether oxygens (including phenoxy) is 2. The molecule has 0 unspecified atom stereocenters. The third-order valence-corrected chi connectivity index (χ3v) is 1.67.